The summed E-state index contributed by atoms with van der Waals surface area (Å²) in [6.07, 6.45) is -0.506. The van der Waals surface area contributed by atoms with E-state index in [2.05, 4.69) is 0 Å². The van der Waals surface area contributed by atoms with Crippen molar-refractivity contribution in [3.8, 4) is 0 Å². The van der Waals surface area contributed by atoms with Gasteiger partial charge in [-0.1, -0.05) is 0 Å². The Morgan fingerprint density at radius 1 is 0.778 bits per heavy atom. The molecule has 0 fully saturated rings. The van der Waals surface area contributed by atoms with Crippen LogP contribution in [0.25, 0.3) is 0 Å². The molecule has 0 radical (unpaired) electrons. The molecule has 0 amide bonds. The van der Waals surface area contributed by atoms with Crippen LogP contribution in [0.1, 0.15) is 32.1 Å². The molecule has 0 aliphatic heterocycles. The molecular formula is C9H11Na3O6. The normalized spacial score (nSPS) is 10.0. The van der Waals surface area contributed by atoms with Crippen molar-refractivity contribution >= 4 is 17.9 Å². The standard InChI is InChI=1S/C9H14O6.3Na/c10-7(11)3-1-2-6(9(14)15)4-5-8(12)13;;;/h6H,1-5H2,(H,10,11)(H,12,13)(H,14,15);;;/q;3*+1/p-3. The summed E-state index contributed by atoms with van der Waals surface area (Å²) < 4.78 is 0. The van der Waals surface area contributed by atoms with Crippen molar-refractivity contribution in [1.82, 2.24) is 0 Å². The molecule has 0 aromatic carbocycles. The molecule has 86 valence electrons. The Morgan fingerprint density at radius 3 is 1.56 bits per heavy atom. The van der Waals surface area contributed by atoms with E-state index in [9.17, 15) is 29.7 Å². The van der Waals surface area contributed by atoms with Gasteiger partial charge in [-0.2, -0.15) is 0 Å². The number of carboxylic acid groups (broad SMARTS) is 3. The van der Waals surface area contributed by atoms with Crippen molar-refractivity contribution in [1.29, 1.82) is 0 Å². The van der Waals surface area contributed by atoms with Crippen molar-refractivity contribution in [2.24, 2.45) is 5.92 Å². The van der Waals surface area contributed by atoms with E-state index in [4.69, 9.17) is 0 Å². The van der Waals surface area contributed by atoms with Gasteiger partial charge in [0, 0.05) is 17.9 Å². The van der Waals surface area contributed by atoms with Crippen LogP contribution >= 0.6 is 0 Å². The minimum atomic E-state index is -1.37. The van der Waals surface area contributed by atoms with Crippen LogP contribution in [-0.4, -0.2) is 17.9 Å². The second kappa shape index (κ2) is 16.5. The SMILES string of the molecule is O=C([O-])CCCC(CCC(=O)[O-])C(=O)[O-].[Na+].[Na+].[Na+]. The molecule has 0 N–H and O–H groups in total. The van der Waals surface area contributed by atoms with Crippen LogP contribution < -0.4 is 104 Å². The van der Waals surface area contributed by atoms with Gasteiger partial charge in [0.15, 0.2) is 0 Å². The largest absolute Gasteiger partial charge is 1.00 e. The van der Waals surface area contributed by atoms with E-state index in [0.717, 1.165) is 0 Å². The molecule has 9 heteroatoms. The molecule has 18 heavy (non-hydrogen) atoms. The second-order valence-corrected chi connectivity index (χ2v) is 3.19. The van der Waals surface area contributed by atoms with E-state index in [1.165, 1.54) is 0 Å². The Hall–Kier alpha value is 1.41. The fourth-order valence-corrected chi connectivity index (χ4v) is 1.16. The zero-order valence-electron chi connectivity index (χ0n) is 11.1. The van der Waals surface area contributed by atoms with Crippen molar-refractivity contribution in [3.63, 3.8) is 0 Å². The van der Waals surface area contributed by atoms with E-state index >= 15 is 0 Å². The van der Waals surface area contributed by atoms with Crippen molar-refractivity contribution in [2.45, 2.75) is 32.1 Å². The summed E-state index contributed by atoms with van der Waals surface area (Å²) in [4.78, 5) is 30.6. The number of carbonyl (C=O) groups excluding carboxylic acids is 3. The van der Waals surface area contributed by atoms with Gasteiger partial charge in [-0.3, -0.25) is 0 Å². The second-order valence-electron chi connectivity index (χ2n) is 3.19. The van der Waals surface area contributed by atoms with Gasteiger partial charge in [-0.25, -0.2) is 0 Å². The summed E-state index contributed by atoms with van der Waals surface area (Å²) in [6, 6.07) is 0. The maximum absolute atomic E-state index is 10.5. The molecule has 0 aromatic rings. The van der Waals surface area contributed by atoms with Crippen LogP contribution in [0.15, 0.2) is 0 Å². The molecule has 0 aliphatic rings. The Balaban J connectivity index is -0.000000327. The zero-order chi connectivity index (χ0) is 11.8. The van der Waals surface area contributed by atoms with E-state index in [0.29, 0.717) is 0 Å². The monoisotopic (exact) mass is 284 g/mol. The van der Waals surface area contributed by atoms with E-state index in [-0.39, 0.29) is 121 Å². The topological polar surface area (TPSA) is 120 Å². The summed E-state index contributed by atoms with van der Waals surface area (Å²) in [7, 11) is 0. The van der Waals surface area contributed by atoms with Gasteiger partial charge < -0.3 is 29.7 Å². The van der Waals surface area contributed by atoms with Gasteiger partial charge in [-0.05, 0) is 38.0 Å². The summed E-state index contributed by atoms with van der Waals surface area (Å²) in [5, 5.41) is 30.6. The summed E-state index contributed by atoms with van der Waals surface area (Å²) >= 11 is 0. The third-order valence-corrected chi connectivity index (χ3v) is 1.96. The number of carbonyl (C=O) groups is 3. The molecule has 0 saturated carbocycles. The zero-order valence-corrected chi connectivity index (χ0v) is 17.1. The smallest absolute Gasteiger partial charge is 0.550 e. The molecule has 0 aromatic heterocycles. The average molecular weight is 284 g/mol. The molecule has 1 atom stereocenters. The minimum absolute atomic E-state index is 0. The fourth-order valence-electron chi connectivity index (χ4n) is 1.16. The Kier molecular flexibility index (Phi) is 25.3. The van der Waals surface area contributed by atoms with Gasteiger partial charge in [-0.15, -0.1) is 0 Å². The van der Waals surface area contributed by atoms with Crippen LogP contribution in [0, 0.1) is 5.92 Å². The van der Waals surface area contributed by atoms with Gasteiger partial charge in [0.25, 0.3) is 0 Å². The maximum Gasteiger partial charge on any atom is 1.00 e. The van der Waals surface area contributed by atoms with Gasteiger partial charge in [0.2, 0.25) is 0 Å². The van der Waals surface area contributed by atoms with E-state index in [1.807, 2.05) is 0 Å². The van der Waals surface area contributed by atoms with Gasteiger partial charge in [0.1, 0.15) is 0 Å². The summed E-state index contributed by atoms with van der Waals surface area (Å²) in [5.74, 6) is -4.90. The molecule has 0 spiro atoms. The molecule has 6 nitrogen and oxygen atoms in total. The van der Waals surface area contributed by atoms with Crippen LogP contribution in [0.4, 0.5) is 0 Å². The maximum atomic E-state index is 10.5. The van der Waals surface area contributed by atoms with Crippen LogP contribution in [-0.2, 0) is 14.4 Å². The predicted octanol–water partition coefficient (Wildman–Crippen LogP) is -12.2. The molecular weight excluding hydrogens is 273 g/mol. The molecule has 0 rings (SSSR count). The quantitative estimate of drug-likeness (QED) is 0.408. The number of hydrogen-bond donors (Lipinski definition) is 0. The first-order valence-corrected chi connectivity index (χ1v) is 4.54. The van der Waals surface area contributed by atoms with Crippen LogP contribution in [0.2, 0.25) is 0 Å². The third-order valence-electron chi connectivity index (χ3n) is 1.96. The number of rotatable bonds is 8. The van der Waals surface area contributed by atoms with Crippen LogP contribution in [0.3, 0.4) is 0 Å². The van der Waals surface area contributed by atoms with Gasteiger partial charge >= 0.3 is 88.7 Å². The predicted molar refractivity (Wildman–Crippen MR) is 41.6 cm³/mol. The van der Waals surface area contributed by atoms with E-state index in [1.54, 1.807) is 0 Å². The third kappa shape index (κ3) is 17.4. The number of hydrogen-bond acceptors (Lipinski definition) is 6. The Bertz CT molecular complexity index is 259. The molecule has 0 aliphatic carbocycles. The molecule has 0 heterocycles. The first kappa shape index (κ1) is 27.7. The van der Waals surface area contributed by atoms with E-state index < -0.39 is 23.8 Å². The van der Waals surface area contributed by atoms with Crippen LogP contribution in [0.5, 0.6) is 0 Å². The molecule has 0 saturated heterocycles. The molecule has 0 bridgehead atoms. The first-order valence-electron chi connectivity index (χ1n) is 4.54. The first-order chi connectivity index (χ1) is 6.93. The van der Waals surface area contributed by atoms with Crippen molar-refractivity contribution in [3.05, 3.63) is 0 Å². The summed E-state index contributed by atoms with van der Waals surface area (Å²) in [6.45, 7) is 0. The summed E-state index contributed by atoms with van der Waals surface area (Å²) in [5.41, 5.74) is 0. The number of carboxylic acids is 3. The van der Waals surface area contributed by atoms with Gasteiger partial charge in [0.05, 0.1) is 0 Å². The number of aliphatic carboxylic acids is 3. The minimum Gasteiger partial charge on any atom is -0.550 e. The Labute approximate surface area is 172 Å². The average Bonchev–Trinajstić information content (AvgIpc) is 2.09. The Morgan fingerprint density at radius 2 is 1.22 bits per heavy atom. The van der Waals surface area contributed by atoms with Crippen molar-refractivity contribution in [2.75, 3.05) is 0 Å². The van der Waals surface area contributed by atoms with Crippen molar-refractivity contribution < 1.29 is 118 Å². The molecule has 1 unspecified atom stereocenters. The fraction of sp³-hybridized carbons (Fsp3) is 0.667.